The molecule has 0 aliphatic rings. The fourth-order valence-electron chi connectivity index (χ4n) is 1.42. The molecule has 1 aromatic carbocycles. The summed E-state index contributed by atoms with van der Waals surface area (Å²) in [6.07, 6.45) is 0. The molecule has 6 nitrogen and oxygen atoms in total. The minimum Gasteiger partial charge on any atom is -0.508 e. The van der Waals surface area contributed by atoms with Gasteiger partial charge in [-0.3, -0.25) is 19.8 Å². The molecule has 2 aromatic rings. The summed E-state index contributed by atoms with van der Waals surface area (Å²) in [6.45, 7) is 0. The monoisotopic (exact) mass is 233 g/mol. The van der Waals surface area contributed by atoms with Crippen LogP contribution in [0, 0.1) is 0 Å². The second-order valence-electron chi connectivity index (χ2n) is 3.55. The Morgan fingerprint density at radius 3 is 2.41 bits per heavy atom. The lowest BCUT2D eigenvalue weighted by Gasteiger charge is -2.16. The van der Waals surface area contributed by atoms with Crippen molar-refractivity contribution in [2.24, 2.45) is 0 Å². The highest BCUT2D eigenvalue weighted by molar-refractivity contribution is 6.04. The number of nitrogens with zero attached hydrogens (tertiary/aromatic N) is 1. The first kappa shape index (κ1) is 11.0. The zero-order valence-corrected chi connectivity index (χ0v) is 9.10. The van der Waals surface area contributed by atoms with Crippen LogP contribution in [0.2, 0.25) is 0 Å². The number of phenolic OH excluding ortho intramolecular Hbond substituents is 1. The molecule has 0 saturated heterocycles. The summed E-state index contributed by atoms with van der Waals surface area (Å²) >= 11 is 0. The highest BCUT2D eigenvalue weighted by Gasteiger charge is 2.15. The molecular formula is C11H11N3O3. The van der Waals surface area contributed by atoms with Crippen LogP contribution in [0.1, 0.15) is 10.5 Å². The van der Waals surface area contributed by atoms with Crippen LogP contribution in [0.5, 0.6) is 5.75 Å². The summed E-state index contributed by atoms with van der Waals surface area (Å²) in [5.41, 5.74) is 0.452. The van der Waals surface area contributed by atoms with Gasteiger partial charge in [-0.05, 0) is 24.3 Å². The van der Waals surface area contributed by atoms with Gasteiger partial charge in [-0.1, -0.05) is 0 Å². The number of amides is 1. The van der Waals surface area contributed by atoms with Gasteiger partial charge in [0, 0.05) is 18.8 Å². The molecule has 1 amide bonds. The van der Waals surface area contributed by atoms with E-state index in [0.29, 0.717) is 5.69 Å². The van der Waals surface area contributed by atoms with E-state index in [1.807, 2.05) is 0 Å². The maximum Gasteiger partial charge on any atom is 0.276 e. The lowest BCUT2D eigenvalue weighted by molar-refractivity contribution is 0.0988. The third kappa shape index (κ3) is 2.20. The maximum atomic E-state index is 11.9. The summed E-state index contributed by atoms with van der Waals surface area (Å²) in [4.78, 5) is 24.2. The quantitative estimate of drug-likeness (QED) is 0.712. The van der Waals surface area contributed by atoms with Gasteiger partial charge >= 0.3 is 0 Å². The molecule has 0 saturated carbocycles. The second-order valence-corrected chi connectivity index (χ2v) is 3.55. The van der Waals surface area contributed by atoms with E-state index in [4.69, 9.17) is 5.11 Å². The number of phenols is 1. The van der Waals surface area contributed by atoms with Gasteiger partial charge in [0.1, 0.15) is 11.4 Å². The molecule has 1 heterocycles. The van der Waals surface area contributed by atoms with E-state index in [2.05, 4.69) is 10.2 Å². The fourth-order valence-corrected chi connectivity index (χ4v) is 1.42. The zero-order valence-electron chi connectivity index (χ0n) is 9.10. The van der Waals surface area contributed by atoms with E-state index in [9.17, 15) is 9.59 Å². The first-order valence-electron chi connectivity index (χ1n) is 4.92. The standard InChI is InChI=1S/C11H11N3O3/c1-14(7-2-4-8(15)5-3-7)11(17)9-6-10(16)13-12-9/h2-6,15H,1H3,(H2,12,13,16). The Labute approximate surface area is 96.5 Å². The maximum absolute atomic E-state index is 11.9. The van der Waals surface area contributed by atoms with E-state index in [1.165, 1.54) is 23.1 Å². The van der Waals surface area contributed by atoms with E-state index in [0.717, 1.165) is 0 Å². The van der Waals surface area contributed by atoms with Crippen molar-refractivity contribution in [3.63, 3.8) is 0 Å². The SMILES string of the molecule is CN(C(=O)c1cc(=O)[nH][nH]1)c1ccc(O)cc1. The Morgan fingerprint density at radius 1 is 1.24 bits per heavy atom. The number of aromatic amines is 2. The Balaban J connectivity index is 2.26. The van der Waals surface area contributed by atoms with Crippen molar-refractivity contribution >= 4 is 11.6 Å². The van der Waals surface area contributed by atoms with Crippen LogP contribution in [0.3, 0.4) is 0 Å². The molecule has 0 aliphatic carbocycles. The van der Waals surface area contributed by atoms with Gasteiger partial charge in [0.15, 0.2) is 0 Å². The van der Waals surface area contributed by atoms with Gasteiger partial charge in [-0.15, -0.1) is 0 Å². The summed E-state index contributed by atoms with van der Waals surface area (Å²) in [5, 5.41) is 13.9. The molecule has 0 bridgehead atoms. The average molecular weight is 233 g/mol. The second kappa shape index (κ2) is 4.17. The van der Waals surface area contributed by atoms with Crippen molar-refractivity contribution in [2.45, 2.75) is 0 Å². The largest absolute Gasteiger partial charge is 0.508 e. The number of aromatic nitrogens is 2. The molecule has 6 heteroatoms. The van der Waals surface area contributed by atoms with E-state index < -0.39 is 0 Å². The fraction of sp³-hybridized carbons (Fsp3) is 0.0909. The predicted octanol–water partition coefficient (Wildman–Crippen LogP) is 0.685. The summed E-state index contributed by atoms with van der Waals surface area (Å²) in [6, 6.07) is 7.38. The molecule has 3 N–H and O–H groups in total. The van der Waals surface area contributed by atoms with Crippen LogP contribution in [-0.2, 0) is 0 Å². The molecule has 0 radical (unpaired) electrons. The Morgan fingerprint density at radius 2 is 1.88 bits per heavy atom. The number of hydrogen-bond donors (Lipinski definition) is 3. The lowest BCUT2D eigenvalue weighted by atomic mass is 10.2. The number of aromatic hydroxyl groups is 1. The number of carbonyl (C=O) groups excluding carboxylic acids is 1. The van der Waals surface area contributed by atoms with Crippen LogP contribution >= 0.6 is 0 Å². The normalized spacial score (nSPS) is 10.2. The lowest BCUT2D eigenvalue weighted by Crippen LogP contribution is -2.26. The molecule has 0 unspecified atom stereocenters. The molecule has 2 rings (SSSR count). The van der Waals surface area contributed by atoms with Crippen LogP contribution in [0.4, 0.5) is 5.69 Å². The van der Waals surface area contributed by atoms with Gasteiger partial charge in [-0.2, -0.15) is 0 Å². The van der Waals surface area contributed by atoms with Gasteiger partial charge in [0.05, 0.1) is 0 Å². The van der Waals surface area contributed by atoms with Gasteiger partial charge in [0.25, 0.3) is 11.5 Å². The first-order valence-corrected chi connectivity index (χ1v) is 4.92. The number of carbonyl (C=O) groups is 1. The minimum atomic E-state index is -0.354. The Kier molecular flexibility index (Phi) is 2.70. The summed E-state index contributed by atoms with van der Waals surface area (Å²) < 4.78 is 0. The molecule has 0 fully saturated rings. The van der Waals surface area contributed by atoms with Crippen molar-refractivity contribution in [3.05, 3.63) is 46.4 Å². The Bertz CT molecular complexity index is 583. The molecule has 1 aromatic heterocycles. The van der Waals surface area contributed by atoms with Crippen molar-refractivity contribution in [1.82, 2.24) is 10.2 Å². The average Bonchev–Trinajstić information content (AvgIpc) is 2.75. The molecule has 0 atom stereocenters. The zero-order chi connectivity index (χ0) is 12.4. The van der Waals surface area contributed by atoms with Gasteiger partial charge in [0.2, 0.25) is 0 Å². The van der Waals surface area contributed by atoms with E-state index in [1.54, 1.807) is 19.2 Å². The van der Waals surface area contributed by atoms with Crippen molar-refractivity contribution in [3.8, 4) is 5.75 Å². The Hall–Kier alpha value is -2.50. The third-order valence-corrected chi connectivity index (χ3v) is 2.37. The van der Waals surface area contributed by atoms with Crippen molar-refractivity contribution in [1.29, 1.82) is 0 Å². The minimum absolute atomic E-state index is 0.129. The number of H-pyrrole nitrogens is 2. The summed E-state index contributed by atoms with van der Waals surface area (Å²) in [7, 11) is 1.58. The van der Waals surface area contributed by atoms with Crippen molar-refractivity contribution in [2.75, 3.05) is 11.9 Å². The number of anilines is 1. The van der Waals surface area contributed by atoms with Crippen LogP contribution in [0.25, 0.3) is 0 Å². The van der Waals surface area contributed by atoms with E-state index >= 15 is 0 Å². The van der Waals surface area contributed by atoms with Crippen LogP contribution in [0.15, 0.2) is 35.1 Å². The third-order valence-electron chi connectivity index (χ3n) is 2.37. The van der Waals surface area contributed by atoms with Crippen LogP contribution in [-0.4, -0.2) is 28.3 Å². The van der Waals surface area contributed by atoms with Gasteiger partial charge < -0.3 is 10.0 Å². The number of rotatable bonds is 2. The first-order chi connectivity index (χ1) is 8.08. The molecule has 0 spiro atoms. The number of hydrogen-bond acceptors (Lipinski definition) is 3. The van der Waals surface area contributed by atoms with Gasteiger partial charge in [-0.25, -0.2) is 0 Å². The van der Waals surface area contributed by atoms with E-state index in [-0.39, 0.29) is 22.9 Å². The number of benzene rings is 1. The molecular weight excluding hydrogens is 222 g/mol. The molecule has 0 aliphatic heterocycles. The predicted molar refractivity (Wildman–Crippen MR) is 62.3 cm³/mol. The van der Waals surface area contributed by atoms with Crippen molar-refractivity contribution < 1.29 is 9.90 Å². The van der Waals surface area contributed by atoms with Crippen LogP contribution < -0.4 is 10.5 Å². The molecule has 88 valence electrons. The summed E-state index contributed by atoms with van der Waals surface area (Å²) in [5.74, 6) is -0.210. The highest BCUT2D eigenvalue weighted by Crippen LogP contribution is 2.18. The topological polar surface area (TPSA) is 89.2 Å². The number of nitrogens with one attached hydrogen (secondary N) is 2. The highest BCUT2D eigenvalue weighted by atomic mass is 16.3. The molecule has 17 heavy (non-hydrogen) atoms. The smallest absolute Gasteiger partial charge is 0.276 e.